The van der Waals surface area contributed by atoms with Gasteiger partial charge >= 0.3 is 6.09 Å². The van der Waals surface area contributed by atoms with Crippen LogP contribution in [0.4, 0.5) is 15.1 Å². The fourth-order valence-corrected chi connectivity index (χ4v) is 4.10. The van der Waals surface area contributed by atoms with Crippen LogP contribution < -0.4 is 10.5 Å². The Balaban J connectivity index is 1.66. The maximum atomic E-state index is 13.2. The Bertz CT molecular complexity index is 1240. The molecule has 3 heterocycles. The second-order valence-electron chi connectivity index (χ2n) is 8.72. The third-order valence-corrected chi connectivity index (χ3v) is 5.40. The number of halogens is 3. The maximum Gasteiger partial charge on any atom is 0.410 e. The average Bonchev–Trinajstić information content (AvgIpc) is 3.32. The highest BCUT2D eigenvalue weighted by Crippen LogP contribution is 2.42. The van der Waals surface area contributed by atoms with Crippen LogP contribution in [0.5, 0.6) is 5.75 Å². The summed E-state index contributed by atoms with van der Waals surface area (Å²) >= 11 is 12.8. The number of nitrogen functional groups attached to an aromatic ring is 1. The van der Waals surface area contributed by atoms with E-state index in [1.54, 1.807) is 32.9 Å². The van der Waals surface area contributed by atoms with Crippen molar-refractivity contribution in [1.82, 2.24) is 24.6 Å². The predicted molar refractivity (Wildman–Crippen MR) is 125 cm³/mol. The summed E-state index contributed by atoms with van der Waals surface area (Å²) in [6.07, 6.45) is 1.91. The summed E-state index contributed by atoms with van der Waals surface area (Å²) in [7, 11) is 0. The molecule has 1 aliphatic rings. The molecule has 9 nitrogen and oxygen atoms in total. The zero-order valence-corrected chi connectivity index (χ0v) is 20.3. The van der Waals surface area contributed by atoms with E-state index in [0.29, 0.717) is 44.9 Å². The Morgan fingerprint density at radius 1 is 1.24 bits per heavy atom. The largest absolute Gasteiger partial charge is 0.491 e. The van der Waals surface area contributed by atoms with Crippen LogP contribution in [0.1, 0.15) is 32.0 Å². The number of fused-ring (bicyclic) bond motifs is 1. The standard InChI is InChI=1S/C22H23Cl2FN6O3/c1-22(2,3)34-21(32)30-10-14-16(11-30)28-20(26)29-19(14)18-15(24)6-12(23)7-17(18)33-5-4-31-9-13(25)8-27-31/h6-9H,4-5,10-11H2,1-3H3,(H2,26,28,29). The Hall–Kier alpha value is -3.11. The van der Waals surface area contributed by atoms with Crippen LogP contribution in [0.3, 0.4) is 0 Å². The molecule has 1 aliphatic heterocycles. The first-order valence-electron chi connectivity index (χ1n) is 10.4. The van der Waals surface area contributed by atoms with Crippen molar-refractivity contribution in [1.29, 1.82) is 0 Å². The van der Waals surface area contributed by atoms with Gasteiger partial charge in [0.1, 0.15) is 18.0 Å². The van der Waals surface area contributed by atoms with E-state index in [1.807, 2.05) is 0 Å². The number of nitrogens with two attached hydrogens (primary N) is 1. The van der Waals surface area contributed by atoms with E-state index >= 15 is 0 Å². The summed E-state index contributed by atoms with van der Waals surface area (Å²) in [5, 5.41) is 4.55. The zero-order valence-electron chi connectivity index (χ0n) is 18.8. The minimum absolute atomic E-state index is 0.0313. The molecule has 0 aliphatic carbocycles. The third kappa shape index (κ3) is 5.34. The monoisotopic (exact) mass is 508 g/mol. The lowest BCUT2D eigenvalue weighted by molar-refractivity contribution is 0.0241. The van der Waals surface area contributed by atoms with Gasteiger partial charge in [-0.25, -0.2) is 19.2 Å². The van der Waals surface area contributed by atoms with Gasteiger partial charge in [-0.1, -0.05) is 23.2 Å². The van der Waals surface area contributed by atoms with E-state index in [9.17, 15) is 9.18 Å². The molecule has 0 saturated heterocycles. The van der Waals surface area contributed by atoms with Gasteiger partial charge in [0.2, 0.25) is 5.95 Å². The van der Waals surface area contributed by atoms with Crippen LogP contribution in [0.2, 0.25) is 10.0 Å². The number of amides is 1. The summed E-state index contributed by atoms with van der Waals surface area (Å²) in [5.74, 6) is -0.0435. The van der Waals surface area contributed by atoms with E-state index < -0.39 is 17.5 Å². The van der Waals surface area contributed by atoms with E-state index in [4.69, 9.17) is 38.4 Å². The summed E-state index contributed by atoms with van der Waals surface area (Å²) in [6.45, 7) is 6.28. The molecule has 0 bridgehead atoms. The molecule has 34 heavy (non-hydrogen) atoms. The highest BCUT2D eigenvalue weighted by molar-refractivity contribution is 6.37. The summed E-state index contributed by atoms with van der Waals surface area (Å²) in [5.41, 5.74) is 7.53. The molecule has 0 unspecified atom stereocenters. The van der Waals surface area contributed by atoms with Crippen molar-refractivity contribution in [2.45, 2.75) is 46.0 Å². The quantitative estimate of drug-likeness (QED) is 0.531. The van der Waals surface area contributed by atoms with E-state index in [-0.39, 0.29) is 25.6 Å². The Morgan fingerprint density at radius 3 is 2.68 bits per heavy atom. The second kappa shape index (κ2) is 9.27. The fraction of sp³-hybridized carbons (Fsp3) is 0.364. The van der Waals surface area contributed by atoms with Gasteiger partial charge in [-0.3, -0.25) is 9.58 Å². The lowest BCUT2D eigenvalue weighted by Gasteiger charge is -2.24. The molecule has 0 radical (unpaired) electrons. The van der Waals surface area contributed by atoms with Crippen molar-refractivity contribution in [2.24, 2.45) is 0 Å². The molecular formula is C22H23Cl2FN6O3. The van der Waals surface area contributed by atoms with Gasteiger partial charge in [-0.2, -0.15) is 5.10 Å². The minimum atomic E-state index is -0.641. The van der Waals surface area contributed by atoms with Crippen LogP contribution >= 0.6 is 23.2 Å². The molecular weight excluding hydrogens is 486 g/mol. The van der Waals surface area contributed by atoms with Crippen LogP contribution in [-0.2, 0) is 24.4 Å². The summed E-state index contributed by atoms with van der Waals surface area (Å²) < 4.78 is 26.0. The second-order valence-corrected chi connectivity index (χ2v) is 9.57. The number of carbonyl (C=O) groups excluding carboxylic acids is 1. The lowest BCUT2D eigenvalue weighted by Crippen LogP contribution is -2.33. The highest BCUT2D eigenvalue weighted by atomic mass is 35.5. The predicted octanol–water partition coefficient (Wildman–Crippen LogP) is 4.70. The van der Waals surface area contributed by atoms with Crippen molar-refractivity contribution in [2.75, 3.05) is 12.3 Å². The molecule has 0 fully saturated rings. The molecule has 3 aromatic rings. The van der Waals surface area contributed by atoms with Crippen LogP contribution in [-0.4, -0.2) is 42.9 Å². The van der Waals surface area contributed by atoms with Crippen molar-refractivity contribution in [3.05, 3.63) is 51.6 Å². The smallest absolute Gasteiger partial charge is 0.410 e. The number of anilines is 1. The van der Waals surface area contributed by atoms with Gasteiger partial charge in [0, 0.05) is 10.6 Å². The highest BCUT2D eigenvalue weighted by Gasteiger charge is 2.33. The first-order chi connectivity index (χ1) is 16.0. The Labute approximate surface area is 205 Å². The first kappa shape index (κ1) is 24.0. The first-order valence-corrected chi connectivity index (χ1v) is 11.2. The number of aromatic nitrogens is 4. The van der Waals surface area contributed by atoms with Gasteiger partial charge in [-0.05, 0) is 32.9 Å². The molecule has 0 atom stereocenters. The molecule has 0 saturated carbocycles. The Morgan fingerprint density at radius 2 is 2.00 bits per heavy atom. The number of benzene rings is 1. The van der Waals surface area contributed by atoms with Crippen molar-refractivity contribution >= 4 is 35.2 Å². The van der Waals surface area contributed by atoms with Gasteiger partial charge in [0.15, 0.2) is 5.82 Å². The average molecular weight is 509 g/mol. The number of hydrogen-bond donors (Lipinski definition) is 1. The molecule has 180 valence electrons. The zero-order chi connectivity index (χ0) is 24.6. The summed E-state index contributed by atoms with van der Waals surface area (Å²) in [6, 6.07) is 3.18. The van der Waals surface area contributed by atoms with Crippen LogP contribution in [0.25, 0.3) is 11.3 Å². The molecule has 12 heteroatoms. The lowest BCUT2D eigenvalue weighted by atomic mass is 10.0. The molecule has 1 aromatic carbocycles. The SMILES string of the molecule is CC(C)(C)OC(=O)N1Cc2nc(N)nc(-c3c(Cl)cc(Cl)cc3OCCn3cc(F)cn3)c2C1. The van der Waals surface area contributed by atoms with Crippen molar-refractivity contribution in [3.63, 3.8) is 0 Å². The van der Waals surface area contributed by atoms with Crippen molar-refractivity contribution in [3.8, 4) is 17.0 Å². The van der Waals surface area contributed by atoms with E-state index in [1.165, 1.54) is 15.8 Å². The maximum absolute atomic E-state index is 13.2. The van der Waals surface area contributed by atoms with E-state index in [0.717, 1.165) is 6.20 Å². The van der Waals surface area contributed by atoms with Gasteiger partial charge in [0.05, 0.1) is 54.0 Å². The van der Waals surface area contributed by atoms with Crippen LogP contribution in [0, 0.1) is 5.82 Å². The normalized spacial score (nSPS) is 13.2. The Kier molecular flexibility index (Phi) is 6.55. The molecule has 1 amide bonds. The number of rotatable bonds is 5. The number of nitrogens with zero attached hydrogens (tertiary/aromatic N) is 5. The topological polar surface area (TPSA) is 108 Å². The number of carbonyl (C=O) groups is 1. The van der Waals surface area contributed by atoms with E-state index in [2.05, 4.69) is 15.1 Å². The third-order valence-electron chi connectivity index (χ3n) is 4.89. The fourth-order valence-electron chi connectivity index (χ4n) is 3.54. The molecule has 2 N–H and O–H groups in total. The minimum Gasteiger partial charge on any atom is -0.491 e. The van der Waals surface area contributed by atoms with Gasteiger partial charge in [-0.15, -0.1) is 0 Å². The number of ether oxygens (including phenoxy) is 2. The molecule has 2 aromatic heterocycles. The van der Waals surface area contributed by atoms with Crippen LogP contribution in [0.15, 0.2) is 24.5 Å². The van der Waals surface area contributed by atoms with Gasteiger partial charge < -0.3 is 15.2 Å². The molecule has 0 spiro atoms. The van der Waals surface area contributed by atoms with Gasteiger partial charge in [0.25, 0.3) is 0 Å². The molecule has 4 rings (SSSR count). The number of hydrogen-bond acceptors (Lipinski definition) is 7. The summed E-state index contributed by atoms with van der Waals surface area (Å²) in [4.78, 5) is 22.9. The van der Waals surface area contributed by atoms with Crippen molar-refractivity contribution < 1.29 is 18.7 Å².